The van der Waals surface area contributed by atoms with Crippen molar-refractivity contribution in [1.82, 2.24) is 0 Å². The standard InChI is InChI=1S/C21H49NO2Si2/c1-15(2)25(16(3)4,17(5)6)23-13-21(22)14-24-26(18(7)8,19(9)10)20(11)12/h15-21H,13-14,22H2,1-12H3. The zero-order valence-corrected chi connectivity index (χ0v) is 21.8. The van der Waals surface area contributed by atoms with Gasteiger partial charge in [-0.2, -0.15) is 0 Å². The number of hydrogen-bond acceptors (Lipinski definition) is 3. The van der Waals surface area contributed by atoms with Crippen LogP contribution in [0.15, 0.2) is 0 Å². The summed E-state index contributed by atoms with van der Waals surface area (Å²) in [6, 6.07) is -0.0405. The molecule has 158 valence electrons. The van der Waals surface area contributed by atoms with Crippen molar-refractivity contribution in [2.24, 2.45) is 5.73 Å². The molecule has 0 aliphatic carbocycles. The van der Waals surface area contributed by atoms with Crippen molar-refractivity contribution in [1.29, 1.82) is 0 Å². The molecular weight excluding hydrogens is 354 g/mol. The van der Waals surface area contributed by atoms with E-state index in [1.54, 1.807) is 0 Å². The molecule has 0 aliphatic rings. The first-order chi connectivity index (χ1) is 11.8. The fourth-order valence-electron chi connectivity index (χ4n) is 5.55. The van der Waals surface area contributed by atoms with E-state index in [0.29, 0.717) is 46.5 Å². The third kappa shape index (κ3) is 5.66. The first kappa shape index (κ1) is 26.3. The molecule has 0 aliphatic heterocycles. The molecule has 0 bridgehead atoms. The fraction of sp³-hybridized carbons (Fsp3) is 1.00. The molecule has 2 N–H and O–H groups in total. The summed E-state index contributed by atoms with van der Waals surface area (Å²) in [5.41, 5.74) is 10.0. The molecule has 0 aromatic heterocycles. The average molecular weight is 404 g/mol. The summed E-state index contributed by atoms with van der Waals surface area (Å²) < 4.78 is 13.3. The maximum absolute atomic E-state index is 6.67. The van der Waals surface area contributed by atoms with Crippen molar-refractivity contribution < 1.29 is 8.85 Å². The molecule has 0 spiro atoms. The van der Waals surface area contributed by atoms with Gasteiger partial charge < -0.3 is 14.6 Å². The normalized spacial score (nSPS) is 14.3. The van der Waals surface area contributed by atoms with Gasteiger partial charge in [-0.1, -0.05) is 83.1 Å². The van der Waals surface area contributed by atoms with Crippen LogP contribution in [0.25, 0.3) is 0 Å². The fourth-order valence-corrected chi connectivity index (χ4v) is 16.6. The maximum atomic E-state index is 6.67. The van der Waals surface area contributed by atoms with Gasteiger partial charge in [0.25, 0.3) is 0 Å². The van der Waals surface area contributed by atoms with Crippen LogP contribution in [0.5, 0.6) is 0 Å². The van der Waals surface area contributed by atoms with E-state index < -0.39 is 16.6 Å². The van der Waals surface area contributed by atoms with E-state index in [0.717, 1.165) is 0 Å². The Morgan fingerprint density at radius 3 is 0.846 bits per heavy atom. The van der Waals surface area contributed by atoms with Gasteiger partial charge in [0.15, 0.2) is 16.6 Å². The molecule has 3 nitrogen and oxygen atoms in total. The Hall–Kier alpha value is 0.314. The molecule has 0 rings (SSSR count). The Balaban J connectivity index is 5.11. The highest BCUT2D eigenvalue weighted by Gasteiger charge is 2.47. The van der Waals surface area contributed by atoms with Crippen molar-refractivity contribution in [3.63, 3.8) is 0 Å². The number of rotatable bonds is 12. The molecule has 0 radical (unpaired) electrons. The predicted molar refractivity (Wildman–Crippen MR) is 122 cm³/mol. The second-order valence-corrected chi connectivity index (χ2v) is 20.9. The molecule has 0 atom stereocenters. The van der Waals surface area contributed by atoms with Crippen LogP contribution in [0.1, 0.15) is 83.1 Å². The van der Waals surface area contributed by atoms with Crippen LogP contribution in [0.2, 0.25) is 33.2 Å². The highest BCUT2D eigenvalue weighted by atomic mass is 28.4. The van der Waals surface area contributed by atoms with Crippen molar-refractivity contribution in [2.45, 2.75) is 122 Å². The van der Waals surface area contributed by atoms with Gasteiger partial charge in [0, 0.05) is 6.04 Å². The van der Waals surface area contributed by atoms with Gasteiger partial charge in [0.2, 0.25) is 0 Å². The van der Waals surface area contributed by atoms with E-state index in [2.05, 4.69) is 83.1 Å². The van der Waals surface area contributed by atoms with Gasteiger partial charge in [-0.3, -0.25) is 0 Å². The summed E-state index contributed by atoms with van der Waals surface area (Å²) in [6.07, 6.45) is 0. The summed E-state index contributed by atoms with van der Waals surface area (Å²) in [7, 11) is -3.71. The van der Waals surface area contributed by atoms with E-state index in [-0.39, 0.29) is 6.04 Å². The lowest BCUT2D eigenvalue weighted by Gasteiger charge is -2.44. The number of nitrogens with two attached hydrogens (primary N) is 1. The topological polar surface area (TPSA) is 44.5 Å². The lowest BCUT2D eigenvalue weighted by Crippen LogP contribution is -2.52. The van der Waals surface area contributed by atoms with Crippen molar-refractivity contribution in [3.8, 4) is 0 Å². The van der Waals surface area contributed by atoms with Crippen molar-refractivity contribution >= 4 is 16.6 Å². The second-order valence-electron chi connectivity index (χ2n) is 10.0. The second kappa shape index (κ2) is 10.7. The van der Waals surface area contributed by atoms with Crippen LogP contribution in [0.3, 0.4) is 0 Å². The van der Waals surface area contributed by atoms with Gasteiger partial charge in [-0.15, -0.1) is 0 Å². The van der Waals surface area contributed by atoms with Gasteiger partial charge >= 0.3 is 0 Å². The van der Waals surface area contributed by atoms with Gasteiger partial charge in [0.05, 0.1) is 13.2 Å². The third-order valence-electron chi connectivity index (χ3n) is 6.51. The highest BCUT2D eigenvalue weighted by molar-refractivity contribution is 6.78. The third-order valence-corrected chi connectivity index (χ3v) is 18.7. The zero-order chi connectivity index (χ0) is 20.9. The molecule has 0 amide bonds. The van der Waals surface area contributed by atoms with Crippen molar-refractivity contribution in [2.75, 3.05) is 13.2 Å². The smallest absolute Gasteiger partial charge is 0.200 e. The largest absolute Gasteiger partial charge is 0.414 e. The predicted octanol–water partition coefficient (Wildman–Crippen LogP) is 6.70. The monoisotopic (exact) mass is 403 g/mol. The molecule has 0 fully saturated rings. The van der Waals surface area contributed by atoms with E-state index in [4.69, 9.17) is 14.6 Å². The lowest BCUT2D eigenvalue weighted by molar-refractivity contribution is 0.190. The van der Waals surface area contributed by atoms with E-state index in [1.807, 2.05) is 0 Å². The van der Waals surface area contributed by atoms with Crippen LogP contribution >= 0.6 is 0 Å². The maximum Gasteiger partial charge on any atom is 0.200 e. The molecular formula is C21H49NO2Si2. The minimum absolute atomic E-state index is 0.0405. The first-order valence-corrected chi connectivity index (χ1v) is 15.1. The SMILES string of the molecule is CC(C)[Si](OCC(N)CO[Si](C(C)C)(C(C)C)C(C)C)(C(C)C)C(C)C. The van der Waals surface area contributed by atoms with Crippen LogP contribution < -0.4 is 5.73 Å². The minimum Gasteiger partial charge on any atom is -0.414 e. The summed E-state index contributed by atoms with van der Waals surface area (Å²) in [4.78, 5) is 0. The van der Waals surface area contributed by atoms with Crippen molar-refractivity contribution in [3.05, 3.63) is 0 Å². The van der Waals surface area contributed by atoms with E-state index in [1.165, 1.54) is 0 Å². The number of hydrogen-bond donors (Lipinski definition) is 1. The summed E-state index contributed by atoms with van der Waals surface area (Å²) in [5, 5.41) is 0. The van der Waals surface area contributed by atoms with Crippen LogP contribution in [0.4, 0.5) is 0 Å². The van der Waals surface area contributed by atoms with E-state index >= 15 is 0 Å². The molecule has 26 heavy (non-hydrogen) atoms. The lowest BCUT2D eigenvalue weighted by atomic mass is 10.4. The van der Waals surface area contributed by atoms with Crippen LogP contribution in [0, 0.1) is 0 Å². The van der Waals surface area contributed by atoms with Gasteiger partial charge in [-0.25, -0.2) is 0 Å². The highest BCUT2D eigenvalue weighted by Crippen LogP contribution is 2.43. The quantitative estimate of drug-likeness (QED) is 0.369. The molecule has 5 heteroatoms. The first-order valence-electron chi connectivity index (χ1n) is 10.8. The average Bonchev–Trinajstić information content (AvgIpc) is 2.45. The molecule has 0 unspecified atom stereocenters. The minimum atomic E-state index is -1.85. The molecule has 0 aromatic carbocycles. The Kier molecular flexibility index (Phi) is 10.9. The molecule has 0 aromatic rings. The Morgan fingerprint density at radius 2 is 0.692 bits per heavy atom. The summed E-state index contributed by atoms with van der Waals surface area (Å²) in [5.74, 6) is 0. The molecule has 0 saturated heterocycles. The zero-order valence-electron chi connectivity index (χ0n) is 19.8. The summed E-state index contributed by atoms with van der Waals surface area (Å²) >= 11 is 0. The van der Waals surface area contributed by atoms with Crippen LogP contribution in [-0.4, -0.2) is 35.9 Å². The van der Waals surface area contributed by atoms with Gasteiger partial charge in [-0.05, 0) is 33.2 Å². The Labute approximate surface area is 167 Å². The van der Waals surface area contributed by atoms with Gasteiger partial charge in [0.1, 0.15) is 0 Å². The molecule has 0 heterocycles. The summed E-state index contributed by atoms with van der Waals surface area (Å²) in [6.45, 7) is 29.1. The Morgan fingerprint density at radius 1 is 0.500 bits per heavy atom. The Bertz CT molecular complexity index is 316. The van der Waals surface area contributed by atoms with Crippen LogP contribution in [-0.2, 0) is 8.85 Å². The molecule has 0 saturated carbocycles. The van der Waals surface area contributed by atoms with E-state index in [9.17, 15) is 0 Å².